The van der Waals surface area contributed by atoms with Gasteiger partial charge < -0.3 is 4.74 Å². The second-order valence-corrected chi connectivity index (χ2v) is 4.94. The van der Waals surface area contributed by atoms with Gasteiger partial charge in [-0.25, -0.2) is 0 Å². The van der Waals surface area contributed by atoms with Gasteiger partial charge in [-0.3, -0.25) is 0 Å². The number of ether oxygens (including phenoxy) is 1. The van der Waals surface area contributed by atoms with Crippen molar-refractivity contribution in [2.75, 3.05) is 6.61 Å². The maximum Gasteiger partial charge on any atom is 0.266 e. The fourth-order valence-corrected chi connectivity index (χ4v) is 2.05. The minimum atomic E-state index is -1.62. The van der Waals surface area contributed by atoms with Crippen molar-refractivity contribution in [1.82, 2.24) is 0 Å². The Morgan fingerprint density at radius 2 is 1.44 bits per heavy atom. The number of hydrogen-bond acceptors (Lipinski definition) is 1. The summed E-state index contributed by atoms with van der Waals surface area (Å²) >= 11 is 0. The van der Waals surface area contributed by atoms with Crippen LogP contribution >= 0.6 is 0 Å². The Bertz CT molecular complexity index is 700. The predicted octanol–water partition coefficient (Wildman–Crippen LogP) is 6.22. The molecule has 0 fully saturated rings. The van der Waals surface area contributed by atoms with Gasteiger partial charge in [0.1, 0.15) is 5.75 Å². The quantitative estimate of drug-likeness (QED) is 0.586. The molecular formula is C22H24F2O. The van der Waals surface area contributed by atoms with Crippen LogP contribution in [0.25, 0.3) is 0 Å². The van der Waals surface area contributed by atoms with Gasteiger partial charge in [0, 0.05) is 11.1 Å². The van der Waals surface area contributed by atoms with Crippen LogP contribution in [0.5, 0.6) is 5.75 Å². The molecule has 0 atom stereocenters. The summed E-state index contributed by atoms with van der Waals surface area (Å²) in [6.45, 7) is 6.59. The van der Waals surface area contributed by atoms with Crippen LogP contribution in [0.4, 0.5) is 8.78 Å². The molecule has 0 aliphatic heterocycles. The van der Waals surface area contributed by atoms with E-state index < -0.39 is 6.08 Å². The van der Waals surface area contributed by atoms with E-state index >= 15 is 0 Å². The smallest absolute Gasteiger partial charge is 0.266 e. The molecule has 1 nitrogen and oxygen atoms in total. The van der Waals surface area contributed by atoms with Crippen molar-refractivity contribution in [3.63, 3.8) is 0 Å². The number of hydrogen-bond donors (Lipinski definition) is 0. The van der Waals surface area contributed by atoms with Crippen LogP contribution in [-0.4, -0.2) is 6.61 Å². The van der Waals surface area contributed by atoms with Gasteiger partial charge in [-0.2, -0.15) is 8.78 Å². The van der Waals surface area contributed by atoms with Crippen LogP contribution in [0, 0.1) is 11.8 Å². The topological polar surface area (TPSA) is 9.23 Å². The van der Waals surface area contributed by atoms with Crippen LogP contribution in [-0.2, 0) is 6.42 Å². The third kappa shape index (κ3) is 8.17. The molecule has 0 spiro atoms. The number of halogens is 2. The van der Waals surface area contributed by atoms with Crippen molar-refractivity contribution < 1.29 is 13.5 Å². The summed E-state index contributed by atoms with van der Waals surface area (Å²) in [6.07, 6.45) is 0.270. The van der Waals surface area contributed by atoms with E-state index in [-0.39, 0.29) is 0 Å². The van der Waals surface area contributed by atoms with Crippen LogP contribution in [0.3, 0.4) is 0 Å². The molecule has 132 valence electrons. The van der Waals surface area contributed by atoms with E-state index in [9.17, 15) is 8.78 Å². The second-order valence-electron chi connectivity index (χ2n) is 4.94. The first kappa shape index (κ1) is 20.4. The third-order valence-corrected chi connectivity index (χ3v) is 3.20. The molecule has 0 saturated carbocycles. The normalized spacial score (nSPS) is 9.16. The molecular weight excluding hydrogens is 318 g/mol. The van der Waals surface area contributed by atoms with Gasteiger partial charge >= 0.3 is 0 Å². The molecule has 0 N–H and O–H groups in total. The van der Waals surface area contributed by atoms with E-state index in [0.29, 0.717) is 19.4 Å². The average molecular weight is 342 g/mol. The lowest BCUT2D eigenvalue weighted by molar-refractivity contribution is 0.340. The Kier molecular flexibility index (Phi) is 9.70. The Balaban J connectivity index is 0.00000151. The zero-order valence-corrected chi connectivity index (χ0v) is 15.0. The van der Waals surface area contributed by atoms with Crippen molar-refractivity contribution in [3.8, 4) is 17.6 Å². The van der Waals surface area contributed by atoms with Crippen LogP contribution in [0.1, 0.15) is 43.9 Å². The minimum absolute atomic E-state index is 0.347. The highest BCUT2D eigenvalue weighted by molar-refractivity contribution is 5.44. The lowest BCUT2D eigenvalue weighted by atomic mass is 10.1. The molecule has 2 rings (SSSR count). The Labute approximate surface area is 149 Å². The number of benzene rings is 2. The first-order valence-corrected chi connectivity index (χ1v) is 8.52. The predicted molar refractivity (Wildman–Crippen MR) is 100 cm³/mol. The lowest BCUT2D eigenvalue weighted by Crippen LogP contribution is -1.90. The van der Waals surface area contributed by atoms with Crippen molar-refractivity contribution in [2.24, 2.45) is 0 Å². The molecule has 0 aliphatic carbocycles. The zero-order valence-electron chi connectivity index (χ0n) is 15.0. The number of allylic oxidation sites excluding steroid dienone is 1. The Hall–Kier alpha value is -2.60. The summed E-state index contributed by atoms with van der Waals surface area (Å²) in [5.41, 5.74) is 2.84. The van der Waals surface area contributed by atoms with E-state index in [1.165, 1.54) is 0 Å². The molecule has 0 saturated heterocycles. The standard InChI is InChI=1S/C20H18F2O.C2H6/c1-2-23-19-14-12-18(13-15-19)11-10-17-8-6-16(7-9-17)4-3-5-20(21)22;1-2/h5-9,12-15H,2-4H2,1H3;1-2H3. The van der Waals surface area contributed by atoms with Gasteiger partial charge in [0.15, 0.2) is 0 Å². The Morgan fingerprint density at radius 1 is 0.920 bits per heavy atom. The highest BCUT2D eigenvalue weighted by Gasteiger charge is 1.95. The fraction of sp³-hybridized carbons (Fsp3) is 0.273. The second kappa shape index (κ2) is 11.9. The summed E-state index contributed by atoms with van der Waals surface area (Å²) in [5, 5.41) is 0. The van der Waals surface area contributed by atoms with Gasteiger partial charge in [-0.15, -0.1) is 0 Å². The van der Waals surface area contributed by atoms with E-state index in [1.807, 2.05) is 69.3 Å². The van der Waals surface area contributed by atoms with Gasteiger partial charge in [-0.1, -0.05) is 37.8 Å². The van der Waals surface area contributed by atoms with Gasteiger partial charge in [0.2, 0.25) is 0 Å². The molecule has 0 aromatic heterocycles. The molecule has 25 heavy (non-hydrogen) atoms. The van der Waals surface area contributed by atoms with E-state index in [4.69, 9.17) is 4.74 Å². The summed E-state index contributed by atoms with van der Waals surface area (Å²) in [4.78, 5) is 0. The first-order chi connectivity index (χ1) is 12.2. The summed E-state index contributed by atoms with van der Waals surface area (Å²) < 4.78 is 29.3. The fourth-order valence-electron chi connectivity index (χ4n) is 2.05. The lowest BCUT2D eigenvalue weighted by Gasteiger charge is -2.01. The molecule has 0 heterocycles. The van der Waals surface area contributed by atoms with Crippen LogP contribution < -0.4 is 4.74 Å². The van der Waals surface area contributed by atoms with E-state index in [2.05, 4.69) is 11.8 Å². The number of rotatable bonds is 5. The molecule has 0 radical (unpaired) electrons. The third-order valence-electron chi connectivity index (χ3n) is 3.20. The highest BCUT2D eigenvalue weighted by Crippen LogP contribution is 2.12. The number of aryl methyl sites for hydroxylation is 1. The first-order valence-electron chi connectivity index (χ1n) is 8.52. The Morgan fingerprint density at radius 3 is 1.92 bits per heavy atom. The van der Waals surface area contributed by atoms with Gasteiger partial charge in [0.05, 0.1) is 6.61 Å². The summed E-state index contributed by atoms with van der Waals surface area (Å²) in [6, 6.07) is 15.3. The highest BCUT2D eigenvalue weighted by atomic mass is 19.3. The molecule has 0 unspecified atom stereocenters. The van der Waals surface area contributed by atoms with Gasteiger partial charge in [-0.05, 0) is 67.8 Å². The molecule has 3 heteroatoms. The maximum absolute atomic E-state index is 12.0. The molecule has 2 aromatic rings. The maximum atomic E-state index is 12.0. The summed E-state index contributed by atoms with van der Waals surface area (Å²) in [5.74, 6) is 7.02. The van der Waals surface area contributed by atoms with Crippen molar-refractivity contribution in [3.05, 3.63) is 77.4 Å². The SMILES string of the molecule is CC.CCOc1ccc(C#Cc2ccc(CCC=C(F)F)cc2)cc1. The van der Waals surface area contributed by atoms with Crippen LogP contribution in [0.15, 0.2) is 60.7 Å². The molecule has 0 bridgehead atoms. The van der Waals surface area contributed by atoms with E-state index in [0.717, 1.165) is 28.5 Å². The molecule has 2 aromatic carbocycles. The van der Waals surface area contributed by atoms with Crippen molar-refractivity contribution >= 4 is 0 Å². The van der Waals surface area contributed by atoms with E-state index in [1.54, 1.807) is 0 Å². The molecule has 0 aliphatic rings. The van der Waals surface area contributed by atoms with Crippen molar-refractivity contribution in [2.45, 2.75) is 33.6 Å². The summed E-state index contributed by atoms with van der Waals surface area (Å²) in [7, 11) is 0. The minimum Gasteiger partial charge on any atom is -0.494 e. The van der Waals surface area contributed by atoms with Crippen LogP contribution in [0.2, 0.25) is 0 Å². The van der Waals surface area contributed by atoms with Crippen molar-refractivity contribution in [1.29, 1.82) is 0 Å². The average Bonchev–Trinajstić information content (AvgIpc) is 2.64. The zero-order chi connectivity index (χ0) is 18.5. The monoisotopic (exact) mass is 342 g/mol. The largest absolute Gasteiger partial charge is 0.494 e. The molecule has 0 amide bonds. The van der Waals surface area contributed by atoms with Gasteiger partial charge in [0.25, 0.3) is 6.08 Å².